The predicted molar refractivity (Wildman–Crippen MR) is 126 cm³/mol. The molecule has 2 aromatic rings. The summed E-state index contributed by atoms with van der Waals surface area (Å²) >= 11 is 0. The quantitative estimate of drug-likeness (QED) is 0.691. The number of aryl methyl sites for hydroxylation is 2. The molecule has 2 amide bonds. The van der Waals surface area contributed by atoms with E-state index in [1.165, 1.54) is 45.3 Å². The molecule has 0 spiro atoms. The van der Waals surface area contributed by atoms with Gasteiger partial charge in [-0.25, -0.2) is 0 Å². The summed E-state index contributed by atoms with van der Waals surface area (Å²) in [6.07, 6.45) is 4.87. The number of hydrogen-bond donors (Lipinski definition) is 1. The van der Waals surface area contributed by atoms with Crippen LogP contribution >= 0.6 is 0 Å². The average Bonchev–Trinajstić information content (AvgIpc) is 3.24. The smallest absolute Gasteiger partial charge is 0.227 e. The molecule has 1 fully saturated rings. The minimum absolute atomic E-state index is 0.106. The Kier molecular flexibility index (Phi) is 6.77. The number of ether oxygens (including phenoxy) is 3. The van der Waals surface area contributed by atoms with E-state index in [-0.39, 0.29) is 24.3 Å². The molecule has 176 valence electrons. The van der Waals surface area contributed by atoms with E-state index in [4.69, 9.17) is 14.2 Å². The van der Waals surface area contributed by atoms with Gasteiger partial charge in [-0.05, 0) is 49.3 Å². The summed E-state index contributed by atoms with van der Waals surface area (Å²) in [5.41, 5.74) is 4.54. The van der Waals surface area contributed by atoms with Crippen molar-refractivity contribution in [2.45, 2.75) is 45.1 Å². The highest BCUT2D eigenvalue weighted by Gasteiger charge is 2.36. The third-order valence-electron chi connectivity index (χ3n) is 6.69. The van der Waals surface area contributed by atoms with Gasteiger partial charge in [0, 0.05) is 25.1 Å². The van der Waals surface area contributed by atoms with Crippen molar-refractivity contribution in [3.05, 3.63) is 47.0 Å². The van der Waals surface area contributed by atoms with Crippen molar-refractivity contribution < 1.29 is 23.8 Å². The van der Waals surface area contributed by atoms with Crippen LogP contribution in [0.1, 0.15) is 48.9 Å². The second-order valence-electron chi connectivity index (χ2n) is 8.75. The van der Waals surface area contributed by atoms with Crippen molar-refractivity contribution in [3.8, 4) is 17.2 Å². The number of benzene rings is 2. The highest BCUT2D eigenvalue weighted by molar-refractivity contribution is 6.00. The van der Waals surface area contributed by atoms with Crippen LogP contribution in [0, 0.1) is 5.92 Å². The maximum absolute atomic E-state index is 13.0. The lowest BCUT2D eigenvalue weighted by atomic mass is 9.89. The number of amides is 2. The molecule has 2 atom stereocenters. The van der Waals surface area contributed by atoms with Gasteiger partial charge in [-0.3, -0.25) is 9.59 Å². The molecule has 1 aliphatic carbocycles. The molecule has 2 aromatic carbocycles. The van der Waals surface area contributed by atoms with Gasteiger partial charge >= 0.3 is 0 Å². The molecule has 0 unspecified atom stereocenters. The Bertz CT molecular complexity index is 1030. The average molecular weight is 453 g/mol. The first-order chi connectivity index (χ1) is 15.9. The molecule has 4 rings (SSSR count). The highest BCUT2D eigenvalue weighted by atomic mass is 16.5. The molecule has 33 heavy (non-hydrogen) atoms. The molecule has 7 heteroatoms. The minimum Gasteiger partial charge on any atom is -0.493 e. The maximum atomic E-state index is 13.0. The molecule has 2 aliphatic rings. The van der Waals surface area contributed by atoms with Gasteiger partial charge in [0.2, 0.25) is 17.6 Å². The number of anilines is 1. The molecule has 1 saturated heterocycles. The van der Waals surface area contributed by atoms with Crippen molar-refractivity contribution >= 4 is 17.5 Å². The van der Waals surface area contributed by atoms with Crippen molar-refractivity contribution in [3.63, 3.8) is 0 Å². The van der Waals surface area contributed by atoms with E-state index in [0.29, 0.717) is 29.5 Å². The fraction of sp³-hybridized carbons (Fsp3) is 0.462. The lowest BCUT2D eigenvalue weighted by Gasteiger charge is -2.22. The summed E-state index contributed by atoms with van der Waals surface area (Å²) in [5, 5.41) is 3.11. The van der Waals surface area contributed by atoms with Crippen molar-refractivity contribution in [1.82, 2.24) is 5.32 Å². The van der Waals surface area contributed by atoms with E-state index in [0.717, 1.165) is 18.4 Å². The molecular weight excluding hydrogens is 420 g/mol. The van der Waals surface area contributed by atoms with Crippen LogP contribution in [0.5, 0.6) is 17.2 Å². The van der Waals surface area contributed by atoms with Gasteiger partial charge in [0.25, 0.3) is 0 Å². The zero-order chi connectivity index (χ0) is 23.5. The molecule has 0 saturated carbocycles. The van der Waals surface area contributed by atoms with Gasteiger partial charge in [-0.15, -0.1) is 0 Å². The second-order valence-corrected chi connectivity index (χ2v) is 8.75. The van der Waals surface area contributed by atoms with Gasteiger partial charge in [0.05, 0.1) is 39.0 Å². The first kappa shape index (κ1) is 23.0. The number of carbonyl (C=O) groups excluding carboxylic acids is 2. The summed E-state index contributed by atoms with van der Waals surface area (Å²) in [5.74, 6) is 0.761. The predicted octanol–water partition coefficient (Wildman–Crippen LogP) is 3.82. The van der Waals surface area contributed by atoms with Crippen LogP contribution in [-0.4, -0.2) is 39.7 Å². The van der Waals surface area contributed by atoms with Crippen LogP contribution in [0.15, 0.2) is 30.3 Å². The fourth-order valence-electron chi connectivity index (χ4n) is 4.79. The van der Waals surface area contributed by atoms with Gasteiger partial charge < -0.3 is 24.4 Å². The van der Waals surface area contributed by atoms with Crippen LogP contribution < -0.4 is 24.4 Å². The van der Waals surface area contributed by atoms with E-state index in [1.807, 2.05) is 6.92 Å². The fourth-order valence-corrected chi connectivity index (χ4v) is 4.79. The van der Waals surface area contributed by atoms with Gasteiger partial charge in [0.15, 0.2) is 11.5 Å². The van der Waals surface area contributed by atoms with E-state index in [9.17, 15) is 9.59 Å². The van der Waals surface area contributed by atoms with Gasteiger partial charge in [-0.1, -0.05) is 18.2 Å². The molecule has 0 bridgehead atoms. The minimum atomic E-state index is -0.420. The lowest BCUT2D eigenvalue weighted by Crippen LogP contribution is -2.34. The topological polar surface area (TPSA) is 77.1 Å². The number of carbonyl (C=O) groups is 2. The van der Waals surface area contributed by atoms with Crippen LogP contribution in [0.4, 0.5) is 5.69 Å². The number of nitrogens with zero attached hydrogens (tertiary/aromatic N) is 1. The summed E-state index contributed by atoms with van der Waals surface area (Å²) in [6, 6.07) is 9.87. The third kappa shape index (κ3) is 4.63. The molecule has 0 aromatic heterocycles. The summed E-state index contributed by atoms with van der Waals surface area (Å²) in [6.45, 7) is 2.30. The largest absolute Gasteiger partial charge is 0.493 e. The van der Waals surface area contributed by atoms with Gasteiger partial charge in [0.1, 0.15) is 0 Å². The molecule has 1 aliphatic heterocycles. The Morgan fingerprint density at radius 3 is 2.30 bits per heavy atom. The zero-order valence-corrected chi connectivity index (χ0v) is 19.8. The maximum Gasteiger partial charge on any atom is 0.227 e. The first-order valence-electron chi connectivity index (χ1n) is 11.5. The molecule has 7 nitrogen and oxygen atoms in total. The lowest BCUT2D eigenvalue weighted by molar-refractivity contribution is -0.126. The van der Waals surface area contributed by atoms with Crippen molar-refractivity contribution in [1.29, 1.82) is 0 Å². The first-order valence-corrected chi connectivity index (χ1v) is 11.5. The standard InChI is InChI=1S/C26H32N2O5/c1-16(18-10-9-17-7-5-6-8-19(17)11-18)27-26(30)20-12-24(29)28(15-20)21-13-22(31-2)25(33-4)23(14-21)32-3/h9-11,13-14,16,20H,5-8,12,15H2,1-4H3,(H,27,30)/t16-,20-/m1/s1. The SMILES string of the molecule is COc1cc(N2C[C@H](C(=O)N[C@H](C)c3ccc4c(c3)CCCC4)CC2=O)cc(OC)c1OC. The Balaban J connectivity index is 1.46. The van der Waals surface area contributed by atoms with Gasteiger partial charge in [-0.2, -0.15) is 0 Å². The molecule has 1 N–H and O–H groups in total. The third-order valence-corrected chi connectivity index (χ3v) is 6.69. The molecule has 0 radical (unpaired) electrons. The van der Waals surface area contributed by atoms with Crippen LogP contribution in [0.25, 0.3) is 0 Å². The zero-order valence-electron chi connectivity index (χ0n) is 19.8. The monoisotopic (exact) mass is 452 g/mol. The number of methoxy groups -OCH3 is 3. The number of hydrogen-bond acceptors (Lipinski definition) is 5. The van der Waals surface area contributed by atoms with Crippen LogP contribution in [-0.2, 0) is 22.4 Å². The van der Waals surface area contributed by atoms with Crippen molar-refractivity contribution in [2.24, 2.45) is 5.92 Å². The van der Waals surface area contributed by atoms with E-state index in [1.54, 1.807) is 17.0 Å². The number of nitrogens with one attached hydrogen (secondary N) is 1. The summed E-state index contributed by atoms with van der Waals surface area (Å²) in [7, 11) is 4.60. The van der Waals surface area contributed by atoms with E-state index >= 15 is 0 Å². The summed E-state index contributed by atoms with van der Waals surface area (Å²) < 4.78 is 16.2. The number of rotatable bonds is 7. The Morgan fingerprint density at radius 1 is 1.00 bits per heavy atom. The van der Waals surface area contributed by atoms with Crippen molar-refractivity contribution in [2.75, 3.05) is 32.8 Å². The summed E-state index contributed by atoms with van der Waals surface area (Å²) in [4.78, 5) is 27.4. The Hall–Kier alpha value is -3.22. The second kappa shape index (κ2) is 9.73. The molecule has 1 heterocycles. The van der Waals surface area contributed by atoms with E-state index in [2.05, 4.69) is 23.5 Å². The Morgan fingerprint density at radius 2 is 1.67 bits per heavy atom. The van der Waals surface area contributed by atoms with Crippen LogP contribution in [0.3, 0.4) is 0 Å². The van der Waals surface area contributed by atoms with Crippen LogP contribution in [0.2, 0.25) is 0 Å². The number of fused-ring (bicyclic) bond motifs is 1. The van der Waals surface area contributed by atoms with E-state index < -0.39 is 5.92 Å². The molecular formula is C26H32N2O5. The normalized spacial score (nSPS) is 18.5. The highest BCUT2D eigenvalue weighted by Crippen LogP contribution is 2.42. The Labute approximate surface area is 195 Å².